The fourth-order valence-electron chi connectivity index (χ4n) is 1.54. The van der Waals surface area contributed by atoms with Crippen LogP contribution in [0.1, 0.15) is 11.4 Å². The number of hydrogen-bond acceptors (Lipinski definition) is 3. The van der Waals surface area contributed by atoms with Gasteiger partial charge in [0.1, 0.15) is 18.7 Å². The second-order valence-corrected chi connectivity index (χ2v) is 3.87. The second kappa shape index (κ2) is 4.67. The van der Waals surface area contributed by atoms with Gasteiger partial charge in [-0.25, -0.2) is 9.67 Å². The molecule has 2 N–H and O–H groups in total. The van der Waals surface area contributed by atoms with Crippen LogP contribution in [0.5, 0.6) is 0 Å². The van der Waals surface area contributed by atoms with Gasteiger partial charge >= 0.3 is 6.18 Å². The standard InChI is InChI=1S/C11H11F3N4/c12-11(13,14)6-18-10(16-7-17-18)5-8-1-3-9(15)4-2-8/h1-4,7H,5-6,15H2. The molecule has 2 rings (SSSR count). The van der Waals surface area contributed by atoms with E-state index in [2.05, 4.69) is 10.1 Å². The molecule has 0 unspecified atom stereocenters. The van der Waals surface area contributed by atoms with Crippen LogP contribution in [-0.2, 0) is 13.0 Å². The molecule has 18 heavy (non-hydrogen) atoms. The maximum Gasteiger partial charge on any atom is 0.408 e. The van der Waals surface area contributed by atoms with E-state index in [1.807, 2.05) is 0 Å². The number of benzene rings is 1. The highest BCUT2D eigenvalue weighted by molar-refractivity contribution is 5.39. The lowest BCUT2D eigenvalue weighted by molar-refractivity contribution is -0.143. The number of aromatic nitrogens is 3. The van der Waals surface area contributed by atoms with E-state index in [1.165, 1.54) is 0 Å². The number of nitrogens with zero attached hydrogens (tertiary/aromatic N) is 3. The number of halogens is 3. The van der Waals surface area contributed by atoms with E-state index in [4.69, 9.17) is 5.73 Å². The molecule has 0 saturated carbocycles. The van der Waals surface area contributed by atoms with E-state index in [1.54, 1.807) is 24.3 Å². The van der Waals surface area contributed by atoms with Crippen molar-refractivity contribution in [2.45, 2.75) is 19.1 Å². The molecule has 0 aliphatic rings. The van der Waals surface area contributed by atoms with E-state index < -0.39 is 12.7 Å². The van der Waals surface area contributed by atoms with Crippen LogP contribution in [0.4, 0.5) is 18.9 Å². The Morgan fingerprint density at radius 1 is 1.17 bits per heavy atom. The van der Waals surface area contributed by atoms with Gasteiger partial charge in [-0.1, -0.05) is 12.1 Å². The van der Waals surface area contributed by atoms with Crippen molar-refractivity contribution in [3.63, 3.8) is 0 Å². The van der Waals surface area contributed by atoms with E-state index in [-0.39, 0.29) is 12.2 Å². The van der Waals surface area contributed by atoms with Crippen LogP contribution >= 0.6 is 0 Å². The van der Waals surface area contributed by atoms with Gasteiger partial charge in [-0.3, -0.25) is 0 Å². The van der Waals surface area contributed by atoms with Gasteiger partial charge in [0.05, 0.1) is 0 Å². The van der Waals surface area contributed by atoms with Gasteiger partial charge in [-0.15, -0.1) is 0 Å². The number of hydrogen-bond donors (Lipinski definition) is 1. The summed E-state index contributed by atoms with van der Waals surface area (Å²) in [6.07, 6.45) is -2.89. The first-order valence-corrected chi connectivity index (χ1v) is 5.22. The molecule has 0 amide bonds. The number of nitrogens with two attached hydrogens (primary N) is 1. The summed E-state index contributed by atoms with van der Waals surface area (Å²) < 4.78 is 37.7. The lowest BCUT2D eigenvalue weighted by Gasteiger charge is -2.09. The van der Waals surface area contributed by atoms with E-state index in [0.717, 1.165) is 16.6 Å². The van der Waals surface area contributed by atoms with Crippen molar-refractivity contribution < 1.29 is 13.2 Å². The third-order valence-electron chi connectivity index (χ3n) is 2.37. The van der Waals surface area contributed by atoms with Crippen molar-refractivity contribution in [3.05, 3.63) is 42.0 Å². The lowest BCUT2D eigenvalue weighted by Crippen LogP contribution is -2.20. The van der Waals surface area contributed by atoms with E-state index in [9.17, 15) is 13.2 Å². The average Bonchev–Trinajstić information content (AvgIpc) is 2.67. The SMILES string of the molecule is Nc1ccc(Cc2ncnn2CC(F)(F)F)cc1. The van der Waals surface area contributed by atoms with Gasteiger partial charge in [0, 0.05) is 12.1 Å². The van der Waals surface area contributed by atoms with Crippen LogP contribution in [0.3, 0.4) is 0 Å². The Kier molecular flexibility index (Phi) is 3.22. The van der Waals surface area contributed by atoms with Gasteiger partial charge < -0.3 is 5.73 Å². The van der Waals surface area contributed by atoms with Crippen molar-refractivity contribution in [1.82, 2.24) is 14.8 Å². The van der Waals surface area contributed by atoms with Crippen molar-refractivity contribution in [3.8, 4) is 0 Å². The quantitative estimate of drug-likeness (QED) is 0.855. The Bertz CT molecular complexity index is 516. The first kappa shape index (κ1) is 12.4. The van der Waals surface area contributed by atoms with Crippen molar-refractivity contribution >= 4 is 5.69 Å². The van der Waals surface area contributed by atoms with E-state index in [0.29, 0.717) is 5.69 Å². The summed E-state index contributed by atoms with van der Waals surface area (Å²) in [4.78, 5) is 3.84. The Morgan fingerprint density at radius 2 is 1.83 bits per heavy atom. The Hall–Kier alpha value is -2.05. The molecule has 1 aromatic heterocycles. The molecule has 96 valence electrons. The molecular weight excluding hydrogens is 245 g/mol. The molecule has 2 aromatic rings. The molecule has 0 saturated heterocycles. The Labute approximate surface area is 101 Å². The highest BCUT2D eigenvalue weighted by Gasteiger charge is 2.29. The first-order valence-electron chi connectivity index (χ1n) is 5.22. The van der Waals surface area contributed by atoms with Gasteiger partial charge in [0.2, 0.25) is 0 Å². The Balaban J connectivity index is 2.15. The molecule has 4 nitrogen and oxygen atoms in total. The zero-order chi connectivity index (χ0) is 13.2. The third-order valence-corrected chi connectivity index (χ3v) is 2.37. The summed E-state index contributed by atoms with van der Waals surface area (Å²) in [5, 5.41) is 3.58. The average molecular weight is 256 g/mol. The molecule has 0 aliphatic carbocycles. The largest absolute Gasteiger partial charge is 0.408 e. The maximum atomic E-state index is 12.3. The van der Waals surface area contributed by atoms with Crippen LogP contribution < -0.4 is 5.73 Å². The summed E-state index contributed by atoms with van der Waals surface area (Å²) in [6.45, 7) is -1.13. The molecule has 0 spiro atoms. The fraction of sp³-hybridized carbons (Fsp3) is 0.273. The number of rotatable bonds is 3. The topological polar surface area (TPSA) is 56.7 Å². The second-order valence-electron chi connectivity index (χ2n) is 3.87. The lowest BCUT2D eigenvalue weighted by atomic mass is 10.1. The van der Waals surface area contributed by atoms with Gasteiger partial charge in [-0.05, 0) is 17.7 Å². The van der Waals surface area contributed by atoms with Crippen LogP contribution in [-0.4, -0.2) is 20.9 Å². The van der Waals surface area contributed by atoms with Gasteiger partial charge in [0.25, 0.3) is 0 Å². The molecule has 7 heteroatoms. The molecular formula is C11H11F3N4. The first-order chi connectivity index (χ1) is 8.44. The van der Waals surface area contributed by atoms with Crippen LogP contribution in [0.15, 0.2) is 30.6 Å². The van der Waals surface area contributed by atoms with Crippen molar-refractivity contribution in [2.75, 3.05) is 5.73 Å². The van der Waals surface area contributed by atoms with Crippen LogP contribution in [0.25, 0.3) is 0 Å². The molecule has 1 aromatic carbocycles. The Morgan fingerprint density at radius 3 is 2.44 bits per heavy atom. The fourth-order valence-corrected chi connectivity index (χ4v) is 1.54. The minimum absolute atomic E-state index is 0.275. The summed E-state index contributed by atoms with van der Waals surface area (Å²) in [5.41, 5.74) is 6.97. The molecule has 0 radical (unpaired) electrons. The van der Waals surface area contributed by atoms with Crippen LogP contribution in [0, 0.1) is 0 Å². The predicted octanol–water partition coefficient (Wildman–Crippen LogP) is 2.01. The van der Waals surface area contributed by atoms with Crippen molar-refractivity contribution in [1.29, 1.82) is 0 Å². The summed E-state index contributed by atoms with van der Waals surface area (Å²) >= 11 is 0. The molecule has 0 fully saturated rings. The van der Waals surface area contributed by atoms with E-state index >= 15 is 0 Å². The smallest absolute Gasteiger partial charge is 0.399 e. The summed E-state index contributed by atoms with van der Waals surface area (Å²) in [6, 6.07) is 6.89. The zero-order valence-corrected chi connectivity index (χ0v) is 9.35. The van der Waals surface area contributed by atoms with Crippen molar-refractivity contribution in [2.24, 2.45) is 0 Å². The number of alkyl halides is 3. The summed E-state index contributed by atoms with van der Waals surface area (Å²) in [7, 11) is 0. The highest BCUT2D eigenvalue weighted by atomic mass is 19.4. The molecule has 1 heterocycles. The molecule has 0 bridgehead atoms. The normalized spacial score (nSPS) is 11.7. The monoisotopic (exact) mass is 256 g/mol. The minimum Gasteiger partial charge on any atom is -0.399 e. The molecule has 0 atom stereocenters. The number of anilines is 1. The molecule has 0 aliphatic heterocycles. The highest BCUT2D eigenvalue weighted by Crippen LogP contribution is 2.18. The maximum absolute atomic E-state index is 12.3. The number of nitrogen functional groups attached to an aromatic ring is 1. The van der Waals surface area contributed by atoms with Gasteiger partial charge in [0.15, 0.2) is 0 Å². The van der Waals surface area contributed by atoms with Crippen LogP contribution in [0.2, 0.25) is 0 Å². The minimum atomic E-state index is -4.30. The third kappa shape index (κ3) is 3.22. The summed E-state index contributed by atoms with van der Waals surface area (Å²) in [5.74, 6) is 0.275. The predicted molar refractivity (Wildman–Crippen MR) is 59.7 cm³/mol. The zero-order valence-electron chi connectivity index (χ0n) is 9.35. The van der Waals surface area contributed by atoms with Gasteiger partial charge in [-0.2, -0.15) is 18.3 Å².